The van der Waals surface area contributed by atoms with Crippen molar-refractivity contribution < 1.29 is 57.2 Å². The molecule has 0 spiro atoms. The molecule has 0 saturated heterocycles. The highest BCUT2D eigenvalue weighted by Gasteiger charge is 2.31. The Hall–Kier alpha value is -6.30. The molecule has 0 saturated carbocycles. The van der Waals surface area contributed by atoms with Gasteiger partial charge >= 0.3 is 35.8 Å². The van der Waals surface area contributed by atoms with Crippen LogP contribution in [0.4, 0.5) is 0 Å². The second kappa shape index (κ2) is 12.7. The van der Waals surface area contributed by atoms with E-state index in [4.69, 9.17) is 18.9 Å². The van der Waals surface area contributed by atoms with Crippen molar-refractivity contribution in [3.63, 3.8) is 0 Å². The molecule has 2 aliphatic heterocycles. The van der Waals surface area contributed by atoms with Gasteiger partial charge in [0.25, 0.3) is 0 Å². The first-order valence-corrected chi connectivity index (χ1v) is 13.9. The fourth-order valence-corrected chi connectivity index (χ4v) is 4.67. The number of fused-ring (bicyclic) bond motifs is 2. The molecule has 2 heterocycles. The van der Waals surface area contributed by atoms with E-state index in [0.29, 0.717) is 11.5 Å². The lowest BCUT2D eigenvalue weighted by Crippen LogP contribution is -2.13. The summed E-state index contributed by atoms with van der Waals surface area (Å²) in [5, 5.41) is 0. The summed E-state index contributed by atoms with van der Waals surface area (Å²) >= 11 is 0. The highest BCUT2D eigenvalue weighted by atomic mass is 16.6. The molecule has 46 heavy (non-hydrogen) atoms. The third-order valence-corrected chi connectivity index (χ3v) is 6.97. The van der Waals surface area contributed by atoms with Gasteiger partial charge in [-0.3, -0.25) is 0 Å². The number of ether oxygens (including phenoxy) is 6. The Bertz CT molecular complexity index is 1750. The van der Waals surface area contributed by atoms with Crippen molar-refractivity contribution in [2.45, 2.75) is 0 Å². The molecular weight excluding hydrogens is 600 g/mol. The second-order valence-electron chi connectivity index (χ2n) is 9.89. The van der Waals surface area contributed by atoms with Gasteiger partial charge in [-0.15, -0.1) is 0 Å². The first kappa shape index (κ1) is 29.8. The molecule has 4 aromatic carbocycles. The zero-order chi connectivity index (χ0) is 32.2. The first-order valence-electron chi connectivity index (χ1n) is 13.9. The molecule has 12 heteroatoms. The predicted molar refractivity (Wildman–Crippen MR) is 156 cm³/mol. The van der Waals surface area contributed by atoms with E-state index in [1.165, 1.54) is 36.4 Å². The third kappa shape index (κ3) is 6.31. The minimum Gasteiger partial charge on any atom is -0.490 e. The molecule has 0 N–H and O–H groups in total. The number of carbonyl (C=O) groups excluding carboxylic acids is 6. The van der Waals surface area contributed by atoms with E-state index in [0.717, 1.165) is 11.1 Å². The number of rotatable bonds is 11. The molecular formula is C34H22O12. The zero-order valence-corrected chi connectivity index (χ0v) is 23.8. The van der Waals surface area contributed by atoms with Crippen LogP contribution in [0.3, 0.4) is 0 Å². The van der Waals surface area contributed by atoms with E-state index in [-0.39, 0.29) is 59.8 Å². The minimum atomic E-state index is -0.798. The Morgan fingerprint density at radius 3 is 1.22 bits per heavy atom. The Morgan fingerprint density at radius 1 is 0.457 bits per heavy atom. The number of carbonyl (C=O) groups is 6. The van der Waals surface area contributed by atoms with Gasteiger partial charge in [-0.05, 0) is 71.8 Å². The van der Waals surface area contributed by atoms with Crippen molar-refractivity contribution in [2.24, 2.45) is 0 Å². The molecule has 12 nitrogen and oxygen atoms in total. The van der Waals surface area contributed by atoms with Crippen molar-refractivity contribution in [2.75, 3.05) is 26.4 Å². The maximum Gasteiger partial charge on any atom is 0.346 e. The summed E-state index contributed by atoms with van der Waals surface area (Å²) < 4.78 is 30.7. The third-order valence-electron chi connectivity index (χ3n) is 6.97. The molecule has 0 radical (unpaired) electrons. The molecule has 0 atom stereocenters. The lowest BCUT2D eigenvalue weighted by Gasteiger charge is -2.10. The molecule has 230 valence electrons. The van der Waals surface area contributed by atoms with Crippen molar-refractivity contribution >= 4 is 35.8 Å². The monoisotopic (exact) mass is 622 g/mol. The molecule has 4 aromatic rings. The van der Waals surface area contributed by atoms with Gasteiger partial charge in [0, 0.05) is 0 Å². The van der Waals surface area contributed by atoms with Gasteiger partial charge < -0.3 is 28.4 Å². The van der Waals surface area contributed by atoms with Crippen LogP contribution in [0.1, 0.15) is 62.1 Å². The van der Waals surface area contributed by atoms with Gasteiger partial charge in [-0.2, -0.15) is 0 Å². The maximum atomic E-state index is 12.3. The zero-order valence-electron chi connectivity index (χ0n) is 23.8. The van der Waals surface area contributed by atoms with E-state index < -0.39 is 35.8 Å². The van der Waals surface area contributed by atoms with Crippen molar-refractivity contribution in [1.29, 1.82) is 0 Å². The summed E-state index contributed by atoms with van der Waals surface area (Å²) in [6, 6.07) is 22.6. The summed E-state index contributed by atoms with van der Waals surface area (Å²) in [5.41, 5.74) is 2.37. The van der Waals surface area contributed by atoms with E-state index in [2.05, 4.69) is 9.47 Å². The molecule has 0 fully saturated rings. The molecule has 2 aliphatic rings. The Labute approximate surface area is 260 Å². The Morgan fingerprint density at radius 2 is 0.826 bits per heavy atom. The molecule has 0 bridgehead atoms. The van der Waals surface area contributed by atoms with E-state index in [9.17, 15) is 28.8 Å². The van der Waals surface area contributed by atoms with Crippen LogP contribution < -0.4 is 9.47 Å². The van der Waals surface area contributed by atoms with Crippen LogP contribution in [-0.4, -0.2) is 62.2 Å². The van der Waals surface area contributed by atoms with Gasteiger partial charge in [0.05, 0.1) is 33.4 Å². The summed E-state index contributed by atoms with van der Waals surface area (Å²) in [6.07, 6.45) is 0. The average molecular weight is 623 g/mol. The number of cyclic esters (lactones) is 4. The number of hydrogen-bond donors (Lipinski definition) is 0. The summed E-state index contributed by atoms with van der Waals surface area (Å²) in [7, 11) is 0. The smallest absolute Gasteiger partial charge is 0.346 e. The summed E-state index contributed by atoms with van der Waals surface area (Å²) in [4.78, 5) is 71.1. The van der Waals surface area contributed by atoms with Crippen LogP contribution in [0, 0.1) is 0 Å². The highest BCUT2D eigenvalue weighted by molar-refractivity contribution is 6.16. The van der Waals surface area contributed by atoms with Gasteiger partial charge in [0.1, 0.15) is 37.9 Å². The average Bonchev–Trinajstić information content (AvgIpc) is 3.53. The van der Waals surface area contributed by atoms with Crippen LogP contribution in [0.25, 0.3) is 11.1 Å². The van der Waals surface area contributed by atoms with Crippen LogP contribution >= 0.6 is 0 Å². The van der Waals surface area contributed by atoms with Crippen LogP contribution in [0.2, 0.25) is 0 Å². The molecule has 0 unspecified atom stereocenters. The molecule has 0 aromatic heterocycles. The summed E-state index contributed by atoms with van der Waals surface area (Å²) in [6.45, 7) is 0.129. The second-order valence-corrected chi connectivity index (χ2v) is 9.89. The molecule has 0 amide bonds. The van der Waals surface area contributed by atoms with Crippen LogP contribution in [0.15, 0.2) is 84.9 Å². The quantitative estimate of drug-likeness (QED) is 0.100. The van der Waals surface area contributed by atoms with Gasteiger partial charge in [-0.1, -0.05) is 24.3 Å². The van der Waals surface area contributed by atoms with Crippen molar-refractivity contribution in [1.82, 2.24) is 0 Å². The predicted octanol–water partition coefficient (Wildman–Crippen LogP) is 4.45. The van der Waals surface area contributed by atoms with E-state index in [1.807, 2.05) is 24.3 Å². The SMILES string of the molecule is O=C(OCCOc1ccc(-c2ccc(OCCOC(=O)c3ccc4c(c3)C(=O)OC4=O)cc2)cc1)c1ccc2c(c1)C(=O)OC2=O. The molecule has 6 rings (SSSR count). The fraction of sp³-hybridized carbons (Fsp3) is 0.118. The number of benzene rings is 4. The normalized spacial score (nSPS) is 13.0. The maximum absolute atomic E-state index is 12.3. The number of esters is 6. The van der Waals surface area contributed by atoms with Crippen LogP contribution in [-0.2, 0) is 18.9 Å². The lowest BCUT2D eigenvalue weighted by molar-refractivity contribution is 0.0424. The topological polar surface area (TPSA) is 158 Å². The molecule has 0 aliphatic carbocycles. The fourth-order valence-electron chi connectivity index (χ4n) is 4.67. The highest BCUT2D eigenvalue weighted by Crippen LogP contribution is 2.26. The van der Waals surface area contributed by atoms with Crippen LogP contribution in [0.5, 0.6) is 11.5 Å². The van der Waals surface area contributed by atoms with Crippen molar-refractivity contribution in [3.8, 4) is 22.6 Å². The van der Waals surface area contributed by atoms with Gasteiger partial charge in [-0.25, -0.2) is 28.8 Å². The standard InChI is InChI=1S/C34H22O12/c35-29(21-5-11-25-27(17-21)33(39)45-31(25)37)43-15-13-41-23-7-1-19(2-8-23)20-3-9-24(10-4-20)42-14-16-44-30(36)22-6-12-26-28(18-22)34(40)46-32(26)38/h1-12,17-18H,13-16H2. The first-order chi connectivity index (χ1) is 22.3. The largest absolute Gasteiger partial charge is 0.490 e. The Balaban J connectivity index is 0.916. The van der Waals surface area contributed by atoms with E-state index in [1.54, 1.807) is 24.3 Å². The minimum absolute atomic E-state index is 0.0293. The summed E-state index contributed by atoms with van der Waals surface area (Å²) in [5.74, 6) is -3.27. The van der Waals surface area contributed by atoms with Gasteiger partial charge in [0.2, 0.25) is 0 Å². The van der Waals surface area contributed by atoms with E-state index >= 15 is 0 Å². The van der Waals surface area contributed by atoms with Gasteiger partial charge in [0.15, 0.2) is 0 Å². The number of hydrogen-bond acceptors (Lipinski definition) is 12. The van der Waals surface area contributed by atoms with Crippen molar-refractivity contribution in [3.05, 3.63) is 118 Å². The lowest BCUT2D eigenvalue weighted by atomic mass is 10.1. The Kier molecular flexibility index (Phi) is 8.24.